The molecule has 1 aromatic carbocycles. The zero-order valence-corrected chi connectivity index (χ0v) is 16.8. The molecule has 28 heavy (non-hydrogen) atoms. The summed E-state index contributed by atoms with van der Waals surface area (Å²) in [5.74, 6) is 0.635. The van der Waals surface area contributed by atoms with E-state index in [1.54, 1.807) is 6.07 Å². The second-order valence-electron chi connectivity index (χ2n) is 6.86. The molecule has 0 unspecified atom stereocenters. The van der Waals surface area contributed by atoms with Gasteiger partial charge in [-0.05, 0) is 49.9 Å². The first-order valence-corrected chi connectivity index (χ1v) is 10.1. The standard InChI is InChI=1S/C21H31N3O4/c1-3-12-28-18-11-10-16(13-19(18)27-4-2)15-22-24-21(26)14-20(25)23-17-8-6-5-7-9-17/h10-11,13,15,17H,3-9,12,14H2,1-2H3,(H,23,25)(H,24,26)/b22-15-. The van der Waals surface area contributed by atoms with Crippen molar-refractivity contribution in [1.29, 1.82) is 0 Å². The van der Waals surface area contributed by atoms with Gasteiger partial charge in [0, 0.05) is 6.04 Å². The summed E-state index contributed by atoms with van der Waals surface area (Å²) in [7, 11) is 0. The Bertz CT molecular complexity index is 670. The van der Waals surface area contributed by atoms with Crippen molar-refractivity contribution in [3.63, 3.8) is 0 Å². The van der Waals surface area contributed by atoms with Gasteiger partial charge in [0.05, 0.1) is 19.4 Å². The molecule has 0 aliphatic heterocycles. The van der Waals surface area contributed by atoms with E-state index in [4.69, 9.17) is 9.47 Å². The maximum atomic E-state index is 11.9. The summed E-state index contributed by atoms with van der Waals surface area (Å²) < 4.78 is 11.3. The summed E-state index contributed by atoms with van der Waals surface area (Å²) in [6.07, 6.45) is 7.68. The molecule has 2 amide bonds. The van der Waals surface area contributed by atoms with Crippen LogP contribution in [0.2, 0.25) is 0 Å². The maximum Gasteiger partial charge on any atom is 0.249 e. The van der Waals surface area contributed by atoms with Crippen LogP contribution in [0, 0.1) is 0 Å². The Morgan fingerprint density at radius 1 is 1.11 bits per heavy atom. The molecular weight excluding hydrogens is 358 g/mol. The Hall–Kier alpha value is -2.57. The SMILES string of the molecule is CCCOc1ccc(/C=N\NC(=O)CC(=O)NC2CCCCC2)cc1OCC. The average molecular weight is 389 g/mol. The quantitative estimate of drug-likeness (QED) is 0.365. The number of carbonyl (C=O) groups excluding carboxylic acids is 2. The van der Waals surface area contributed by atoms with E-state index in [9.17, 15) is 9.59 Å². The molecule has 0 saturated heterocycles. The number of carbonyl (C=O) groups is 2. The lowest BCUT2D eigenvalue weighted by molar-refractivity contribution is -0.129. The second-order valence-corrected chi connectivity index (χ2v) is 6.86. The van der Waals surface area contributed by atoms with E-state index >= 15 is 0 Å². The highest BCUT2D eigenvalue weighted by atomic mass is 16.5. The van der Waals surface area contributed by atoms with Crippen molar-refractivity contribution in [2.75, 3.05) is 13.2 Å². The first-order valence-electron chi connectivity index (χ1n) is 10.1. The van der Waals surface area contributed by atoms with Gasteiger partial charge in [0.1, 0.15) is 6.42 Å². The van der Waals surface area contributed by atoms with Gasteiger partial charge < -0.3 is 14.8 Å². The molecule has 0 aromatic heterocycles. The lowest BCUT2D eigenvalue weighted by atomic mass is 9.95. The highest BCUT2D eigenvalue weighted by molar-refractivity contribution is 5.97. The highest BCUT2D eigenvalue weighted by Crippen LogP contribution is 2.28. The van der Waals surface area contributed by atoms with Crippen LogP contribution in [-0.4, -0.2) is 37.3 Å². The van der Waals surface area contributed by atoms with Gasteiger partial charge >= 0.3 is 0 Å². The van der Waals surface area contributed by atoms with E-state index in [2.05, 4.69) is 15.8 Å². The number of nitrogens with one attached hydrogen (secondary N) is 2. The fourth-order valence-electron chi connectivity index (χ4n) is 3.09. The zero-order valence-electron chi connectivity index (χ0n) is 16.8. The normalized spacial score (nSPS) is 14.6. The molecule has 0 atom stereocenters. The number of benzene rings is 1. The Morgan fingerprint density at radius 3 is 2.61 bits per heavy atom. The average Bonchev–Trinajstić information content (AvgIpc) is 2.68. The predicted octanol–water partition coefficient (Wildman–Crippen LogP) is 3.16. The Kier molecular flexibility index (Phi) is 9.31. The molecule has 7 nitrogen and oxygen atoms in total. The number of amides is 2. The molecule has 0 heterocycles. The molecule has 1 fully saturated rings. The van der Waals surface area contributed by atoms with Crippen LogP contribution in [0.3, 0.4) is 0 Å². The molecule has 1 aliphatic carbocycles. The minimum absolute atomic E-state index is 0.197. The third-order valence-electron chi connectivity index (χ3n) is 4.42. The second kappa shape index (κ2) is 12.0. The molecule has 0 radical (unpaired) electrons. The highest BCUT2D eigenvalue weighted by Gasteiger charge is 2.17. The molecule has 1 saturated carbocycles. The van der Waals surface area contributed by atoms with Crippen LogP contribution in [0.25, 0.3) is 0 Å². The van der Waals surface area contributed by atoms with Gasteiger partial charge in [0.25, 0.3) is 0 Å². The third-order valence-corrected chi connectivity index (χ3v) is 4.42. The van der Waals surface area contributed by atoms with Crippen LogP contribution in [0.15, 0.2) is 23.3 Å². The maximum absolute atomic E-state index is 11.9. The van der Waals surface area contributed by atoms with E-state index in [0.29, 0.717) is 24.7 Å². The van der Waals surface area contributed by atoms with Crippen LogP contribution in [0.1, 0.15) is 64.4 Å². The molecule has 1 aromatic rings. The lowest BCUT2D eigenvalue weighted by Crippen LogP contribution is -2.38. The van der Waals surface area contributed by atoms with Crippen molar-refractivity contribution in [1.82, 2.24) is 10.7 Å². The molecule has 7 heteroatoms. The van der Waals surface area contributed by atoms with Crippen molar-refractivity contribution in [3.05, 3.63) is 23.8 Å². The van der Waals surface area contributed by atoms with E-state index in [1.807, 2.05) is 26.0 Å². The summed E-state index contributed by atoms with van der Waals surface area (Å²) in [6.45, 7) is 5.09. The number of ether oxygens (including phenoxy) is 2. The van der Waals surface area contributed by atoms with Gasteiger partial charge in [-0.15, -0.1) is 0 Å². The van der Waals surface area contributed by atoms with Gasteiger partial charge in [-0.25, -0.2) is 5.43 Å². The summed E-state index contributed by atoms with van der Waals surface area (Å²) in [5, 5.41) is 6.85. The van der Waals surface area contributed by atoms with E-state index in [-0.39, 0.29) is 18.4 Å². The van der Waals surface area contributed by atoms with Crippen LogP contribution in [0.4, 0.5) is 0 Å². The van der Waals surface area contributed by atoms with E-state index in [0.717, 1.165) is 37.7 Å². The molecule has 2 rings (SSSR count). The number of rotatable bonds is 10. The van der Waals surface area contributed by atoms with Crippen molar-refractivity contribution >= 4 is 18.0 Å². The molecule has 0 bridgehead atoms. The van der Waals surface area contributed by atoms with Crippen LogP contribution < -0.4 is 20.2 Å². The van der Waals surface area contributed by atoms with Gasteiger partial charge in [0.2, 0.25) is 11.8 Å². The third kappa shape index (κ3) is 7.58. The Balaban J connectivity index is 1.82. The van der Waals surface area contributed by atoms with Crippen molar-refractivity contribution in [2.45, 2.75) is 64.8 Å². The summed E-state index contributed by atoms with van der Waals surface area (Å²) >= 11 is 0. The van der Waals surface area contributed by atoms with E-state index in [1.165, 1.54) is 12.6 Å². The Labute approximate surface area is 166 Å². The molecule has 154 valence electrons. The van der Waals surface area contributed by atoms with Crippen LogP contribution in [-0.2, 0) is 9.59 Å². The summed E-state index contributed by atoms with van der Waals surface area (Å²) in [5.41, 5.74) is 3.16. The van der Waals surface area contributed by atoms with Gasteiger partial charge in [0.15, 0.2) is 11.5 Å². The first kappa shape index (κ1) is 21.7. The minimum atomic E-state index is -0.433. The van der Waals surface area contributed by atoms with Crippen molar-refractivity contribution < 1.29 is 19.1 Å². The molecule has 2 N–H and O–H groups in total. The van der Waals surface area contributed by atoms with Crippen LogP contribution in [0.5, 0.6) is 11.5 Å². The topological polar surface area (TPSA) is 89.0 Å². The minimum Gasteiger partial charge on any atom is -0.490 e. The number of hydrogen-bond acceptors (Lipinski definition) is 5. The fourth-order valence-corrected chi connectivity index (χ4v) is 3.09. The van der Waals surface area contributed by atoms with Crippen molar-refractivity contribution in [3.8, 4) is 11.5 Å². The van der Waals surface area contributed by atoms with Crippen molar-refractivity contribution in [2.24, 2.45) is 5.10 Å². The Morgan fingerprint density at radius 2 is 1.89 bits per heavy atom. The first-order chi connectivity index (χ1) is 13.6. The summed E-state index contributed by atoms with van der Waals surface area (Å²) in [6, 6.07) is 5.66. The number of nitrogens with zero attached hydrogens (tertiary/aromatic N) is 1. The van der Waals surface area contributed by atoms with Gasteiger partial charge in [-0.3, -0.25) is 9.59 Å². The smallest absolute Gasteiger partial charge is 0.249 e. The summed E-state index contributed by atoms with van der Waals surface area (Å²) in [4.78, 5) is 23.8. The number of hydrazone groups is 1. The van der Waals surface area contributed by atoms with Crippen LogP contribution >= 0.6 is 0 Å². The number of hydrogen-bond donors (Lipinski definition) is 2. The molecule has 0 spiro atoms. The molecular formula is C21H31N3O4. The predicted molar refractivity (Wildman–Crippen MR) is 109 cm³/mol. The largest absolute Gasteiger partial charge is 0.490 e. The monoisotopic (exact) mass is 389 g/mol. The van der Waals surface area contributed by atoms with E-state index < -0.39 is 5.91 Å². The fraction of sp³-hybridized carbons (Fsp3) is 0.571. The zero-order chi connectivity index (χ0) is 20.2. The lowest BCUT2D eigenvalue weighted by Gasteiger charge is -2.22. The van der Waals surface area contributed by atoms with Gasteiger partial charge in [-0.2, -0.15) is 5.10 Å². The van der Waals surface area contributed by atoms with Gasteiger partial charge in [-0.1, -0.05) is 26.2 Å². The molecule has 1 aliphatic rings.